The van der Waals surface area contributed by atoms with Crippen LogP contribution in [-0.4, -0.2) is 68.4 Å². The number of amidine groups is 2. The lowest BCUT2D eigenvalue weighted by Crippen LogP contribution is -2.60. The maximum absolute atomic E-state index is 12.9. The lowest BCUT2D eigenvalue weighted by atomic mass is 10.1. The molecular weight excluding hydrogens is 342 g/mol. The van der Waals surface area contributed by atoms with Gasteiger partial charge in [0.25, 0.3) is 0 Å². The largest absolute Gasteiger partial charge is 0.502 e. The molecule has 0 radical (unpaired) electrons. The zero-order valence-electron chi connectivity index (χ0n) is 14.3. The van der Waals surface area contributed by atoms with E-state index in [1.165, 1.54) is 15.3 Å². The molecule has 4 unspecified atom stereocenters. The third-order valence-electron chi connectivity index (χ3n) is 4.87. The van der Waals surface area contributed by atoms with E-state index in [0.717, 1.165) is 11.4 Å². The predicted octanol–water partition coefficient (Wildman–Crippen LogP) is -1.96. The quantitative estimate of drug-likeness (QED) is 0.525. The van der Waals surface area contributed by atoms with Crippen molar-refractivity contribution in [3.63, 3.8) is 0 Å². The third kappa shape index (κ3) is 2.50. The number of hydrogen-bond donors (Lipinski definition) is 3. The van der Waals surface area contributed by atoms with E-state index in [-0.39, 0.29) is 6.54 Å². The van der Waals surface area contributed by atoms with Crippen molar-refractivity contribution in [1.82, 2.24) is 9.47 Å². The summed E-state index contributed by atoms with van der Waals surface area (Å²) in [4.78, 5) is 23.6. The van der Waals surface area contributed by atoms with Gasteiger partial charge in [0, 0.05) is 19.3 Å². The minimum atomic E-state index is -1.32. The highest BCUT2D eigenvalue weighted by Crippen LogP contribution is 2.26. The van der Waals surface area contributed by atoms with Crippen LogP contribution in [0.3, 0.4) is 0 Å². The van der Waals surface area contributed by atoms with Gasteiger partial charge in [0.2, 0.25) is 12.0 Å². The normalized spacial score (nSPS) is 30.3. The van der Waals surface area contributed by atoms with Gasteiger partial charge in [0.05, 0.1) is 12.2 Å². The topological polar surface area (TPSA) is 124 Å². The number of hydrogen-bond acceptors (Lipinski definition) is 8. The molecule has 4 atom stereocenters. The Kier molecular flexibility index (Phi) is 3.99. The fourth-order valence-electron chi connectivity index (χ4n) is 3.26. The van der Waals surface area contributed by atoms with Crippen LogP contribution in [-0.2, 0) is 11.3 Å². The Morgan fingerprint density at radius 2 is 2.12 bits per heavy atom. The highest BCUT2D eigenvalue weighted by Gasteiger charge is 2.47. The SMILES string of the molecule is CC1=NC2=Nc3cc[n+](C4OC(CO)C(O)C4O)c(=O)n3CC2=CN1C. The van der Waals surface area contributed by atoms with Gasteiger partial charge in [-0.15, -0.1) is 0 Å². The van der Waals surface area contributed by atoms with Crippen molar-refractivity contribution in [2.24, 2.45) is 9.98 Å². The number of aliphatic imine (C=N–C) groups is 2. The number of aliphatic hydroxyl groups excluding tert-OH is 3. The molecule has 1 fully saturated rings. The molecule has 0 aromatic carbocycles. The van der Waals surface area contributed by atoms with Gasteiger partial charge < -0.3 is 25.0 Å². The summed E-state index contributed by atoms with van der Waals surface area (Å²) in [7, 11) is 1.87. The van der Waals surface area contributed by atoms with Crippen molar-refractivity contribution < 1.29 is 24.6 Å². The molecule has 3 aliphatic heterocycles. The average molecular weight is 362 g/mol. The van der Waals surface area contributed by atoms with E-state index in [0.29, 0.717) is 11.7 Å². The van der Waals surface area contributed by atoms with Crippen LogP contribution in [0.5, 0.6) is 0 Å². The molecule has 3 aliphatic rings. The van der Waals surface area contributed by atoms with Crippen molar-refractivity contribution >= 4 is 17.5 Å². The number of fused-ring (bicyclic) bond motifs is 2. The van der Waals surface area contributed by atoms with E-state index in [1.807, 2.05) is 25.1 Å². The molecule has 0 spiro atoms. The van der Waals surface area contributed by atoms with E-state index in [9.17, 15) is 20.1 Å². The molecule has 0 saturated carbocycles. The summed E-state index contributed by atoms with van der Waals surface area (Å²) in [6, 6.07) is 1.63. The number of rotatable bonds is 2. The van der Waals surface area contributed by atoms with Crippen molar-refractivity contribution in [1.29, 1.82) is 0 Å². The van der Waals surface area contributed by atoms with Gasteiger partial charge in [0.15, 0.2) is 5.84 Å². The highest BCUT2D eigenvalue weighted by molar-refractivity contribution is 6.09. The average Bonchev–Trinajstić information content (AvgIpc) is 2.90. The maximum atomic E-state index is 12.9. The standard InChI is InChI=1S/C16H20N5O5/c1-8-17-14-9(5-19(8)2)6-21-11(18-14)3-4-20(16(21)25)15-13(24)12(23)10(7-22)26-15/h3-5,10,12-13,15,22-24H,6-7H2,1-2H3/q+1. The molecule has 1 saturated heterocycles. The molecule has 3 N–H and O–H groups in total. The Balaban J connectivity index is 1.75. The first kappa shape index (κ1) is 17.0. The predicted molar refractivity (Wildman–Crippen MR) is 90.0 cm³/mol. The molecular formula is C16H20N5O5+. The monoisotopic (exact) mass is 362 g/mol. The van der Waals surface area contributed by atoms with Crippen LogP contribution in [0.15, 0.2) is 38.8 Å². The fourth-order valence-corrected chi connectivity index (χ4v) is 3.26. The van der Waals surface area contributed by atoms with E-state index in [2.05, 4.69) is 9.98 Å². The number of ether oxygens (including phenoxy) is 1. The molecule has 1 aromatic heterocycles. The summed E-state index contributed by atoms with van der Waals surface area (Å²) in [6.07, 6.45) is -1.28. The van der Waals surface area contributed by atoms with Gasteiger partial charge in [-0.1, -0.05) is 0 Å². The molecule has 0 bridgehead atoms. The van der Waals surface area contributed by atoms with Crippen LogP contribution in [0.2, 0.25) is 0 Å². The van der Waals surface area contributed by atoms with E-state index >= 15 is 0 Å². The van der Waals surface area contributed by atoms with Gasteiger partial charge in [-0.3, -0.25) is 0 Å². The van der Waals surface area contributed by atoms with Gasteiger partial charge >= 0.3 is 5.69 Å². The summed E-state index contributed by atoms with van der Waals surface area (Å²) in [5.74, 6) is 1.83. The molecule has 0 aliphatic carbocycles. The van der Waals surface area contributed by atoms with Crippen LogP contribution in [0.4, 0.5) is 5.82 Å². The summed E-state index contributed by atoms with van der Waals surface area (Å²) in [6.45, 7) is 1.70. The van der Waals surface area contributed by atoms with E-state index in [4.69, 9.17) is 4.74 Å². The van der Waals surface area contributed by atoms with Crippen LogP contribution in [0, 0.1) is 0 Å². The molecule has 10 nitrogen and oxygen atoms in total. The Hall–Kier alpha value is -2.40. The van der Waals surface area contributed by atoms with Gasteiger partial charge in [-0.2, -0.15) is 18.9 Å². The Labute approximate surface area is 148 Å². The van der Waals surface area contributed by atoms with Crippen LogP contribution in [0.1, 0.15) is 13.2 Å². The number of nitrogens with zero attached hydrogens (tertiary/aromatic N) is 5. The van der Waals surface area contributed by atoms with Crippen molar-refractivity contribution in [2.45, 2.75) is 38.0 Å². The molecule has 4 rings (SSSR count). The smallest absolute Gasteiger partial charge is 0.394 e. The lowest BCUT2D eigenvalue weighted by Gasteiger charge is -2.23. The molecule has 26 heavy (non-hydrogen) atoms. The van der Waals surface area contributed by atoms with E-state index in [1.54, 1.807) is 6.07 Å². The Morgan fingerprint density at radius 3 is 2.81 bits per heavy atom. The first-order chi connectivity index (χ1) is 12.4. The summed E-state index contributed by atoms with van der Waals surface area (Å²) < 4.78 is 8.11. The zero-order chi connectivity index (χ0) is 18.6. The minimum Gasteiger partial charge on any atom is -0.394 e. The van der Waals surface area contributed by atoms with Crippen LogP contribution in [0.25, 0.3) is 0 Å². The number of aliphatic hydroxyl groups is 3. The highest BCUT2D eigenvalue weighted by atomic mass is 16.6. The second kappa shape index (κ2) is 6.09. The second-order valence-corrected chi connectivity index (χ2v) is 6.54. The van der Waals surface area contributed by atoms with Crippen LogP contribution >= 0.6 is 0 Å². The molecule has 138 valence electrons. The second-order valence-electron chi connectivity index (χ2n) is 6.54. The fraction of sp³-hybridized carbons (Fsp3) is 0.500. The van der Waals surface area contributed by atoms with E-state index < -0.39 is 36.8 Å². The van der Waals surface area contributed by atoms with Crippen molar-refractivity contribution in [3.05, 3.63) is 34.5 Å². The zero-order valence-corrected chi connectivity index (χ0v) is 14.3. The first-order valence-electron chi connectivity index (χ1n) is 8.26. The molecule has 0 amide bonds. The Morgan fingerprint density at radius 1 is 1.35 bits per heavy atom. The van der Waals surface area contributed by atoms with Gasteiger partial charge in [-0.25, -0.2) is 4.99 Å². The Bertz CT molecular complexity index is 905. The maximum Gasteiger partial charge on any atom is 0.502 e. The lowest BCUT2D eigenvalue weighted by molar-refractivity contribution is -0.781. The number of aromatic nitrogens is 2. The summed E-state index contributed by atoms with van der Waals surface area (Å²) in [5.41, 5.74) is 0.363. The van der Waals surface area contributed by atoms with Crippen LogP contribution < -0.4 is 10.3 Å². The third-order valence-corrected chi connectivity index (χ3v) is 4.87. The molecule has 10 heteroatoms. The summed E-state index contributed by atoms with van der Waals surface area (Å²) >= 11 is 0. The first-order valence-corrected chi connectivity index (χ1v) is 8.26. The summed E-state index contributed by atoms with van der Waals surface area (Å²) in [5, 5.41) is 29.3. The van der Waals surface area contributed by atoms with Gasteiger partial charge in [0.1, 0.15) is 36.9 Å². The van der Waals surface area contributed by atoms with Crippen molar-refractivity contribution in [2.75, 3.05) is 13.7 Å². The van der Waals surface area contributed by atoms with Crippen molar-refractivity contribution in [3.8, 4) is 0 Å². The molecule has 4 heterocycles. The van der Waals surface area contributed by atoms with Gasteiger partial charge in [-0.05, 0) is 6.92 Å². The minimum absolute atomic E-state index is 0.282. The molecule has 1 aromatic rings.